The van der Waals surface area contributed by atoms with Crippen molar-refractivity contribution >= 4 is 40.5 Å². The minimum absolute atomic E-state index is 0.0141. The second kappa shape index (κ2) is 6.71. The summed E-state index contributed by atoms with van der Waals surface area (Å²) in [7, 11) is 0. The lowest BCUT2D eigenvalue weighted by atomic mass is 10.2. The average molecular weight is 327 g/mol. The third-order valence-electron chi connectivity index (χ3n) is 2.35. The molecule has 0 aliphatic heterocycles. The van der Waals surface area contributed by atoms with E-state index in [1.165, 1.54) is 11.3 Å². The van der Waals surface area contributed by atoms with Crippen LogP contribution in [0, 0.1) is 11.3 Å². The number of nitriles is 1. The summed E-state index contributed by atoms with van der Waals surface area (Å²) in [6, 6.07) is 6.94. The predicted molar refractivity (Wildman–Crippen MR) is 77.8 cm³/mol. The highest BCUT2D eigenvalue weighted by atomic mass is 35.5. The number of aromatic nitrogens is 1. The van der Waals surface area contributed by atoms with E-state index in [1.54, 1.807) is 29.6 Å². The summed E-state index contributed by atoms with van der Waals surface area (Å²) in [4.78, 5) is 15.7. The molecule has 0 spiro atoms. The number of halogens is 2. The van der Waals surface area contributed by atoms with E-state index >= 15 is 0 Å². The van der Waals surface area contributed by atoms with Gasteiger partial charge in [0.2, 0.25) is 0 Å². The molecular formula is C13H8Cl2N2O2S. The highest BCUT2D eigenvalue weighted by molar-refractivity contribution is 7.13. The van der Waals surface area contributed by atoms with Crippen molar-refractivity contribution in [3.05, 3.63) is 39.3 Å². The van der Waals surface area contributed by atoms with Crippen LogP contribution in [0.3, 0.4) is 0 Å². The Labute approximate surface area is 129 Å². The molecule has 0 saturated heterocycles. The molecule has 2 rings (SSSR count). The van der Waals surface area contributed by atoms with Crippen LogP contribution in [0.25, 0.3) is 10.6 Å². The lowest BCUT2D eigenvalue weighted by molar-refractivity contribution is -0.141. The van der Waals surface area contributed by atoms with Gasteiger partial charge in [-0.3, -0.25) is 4.79 Å². The summed E-state index contributed by atoms with van der Waals surface area (Å²) in [5, 5.41) is 11.7. The maximum absolute atomic E-state index is 11.4. The largest absolute Gasteiger partial charge is 0.450 e. The van der Waals surface area contributed by atoms with Crippen LogP contribution in [0.5, 0.6) is 0 Å². The minimum Gasteiger partial charge on any atom is -0.450 e. The fourth-order valence-corrected chi connectivity index (χ4v) is 3.10. The lowest BCUT2D eigenvalue weighted by Gasteiger charge is -2.02. The summed E-state index contributed by atoms with van der Waals surface area (Å²) in [5.41, 5.74) is 1.21. The van der Waals surface area contributed by atoms with Crippen molar-refractivity contribution in [2.24, 2.45) is 0 Å². The minimum atomic E-state index is -0.492. The van der Waals surface area contributed by atoms with Gasteiger partial charge in [0.25, 0.3) is 0 Å². The number of hydrogen-bond donors (Lipinski definition) is 0. The smallest absolute Gasteiger partial charge is 0.312 e. The van der Waals surface area contributed by atoms with Crippen LogP contribution >= 0.6 is 34.5 Å². The van der Waals surface area contributed by atoms with E-state index in [2.05, 4.69) is 9.72 Å². The zero-order valence-corrected chi connectivity index (χ0v) is 12.4. The Morgan fingerprint density at radius 1 is 1.40 bits per heavy atom. The van der Waals surface area contributed by atoms with Crippen molar-refractivity contribution in [1.29, 1.82) is 5.26 Å². The van der Waals surface area contributed by atoms with Gasteiger partial charge >= 0.3 is 5.97 Å². The van der Waals surface area contributed by atoms with Gasteiger partial charge in [0.15, 0.2) is 6.61 Å². The van der Waals surface area contributed by atoms with E-state index < -0.39 is 5.97 Å². The van der Waals surface area contributed by atoms with Crippen LogP contribution in [-0.4, -0.2) is 17.6 Å². The first kappa shape index (κ1) is 14.8. The number of carbonyl (C=O) groups excluding carboxylic acids is 1. The second-order valence-electron chi connectivity index (χ2n) is 3.74. The first-order valence-electron chi connectivity index (χ1n) is 5.53. The number of nitrogens with zero attached hydrogens (tertiary/aromatic N) is 2. The van der Waals surface area contributed by atoms with Gasteiger partial charge in [-0.25, -0.2) is 4.98 Å². The Kier molecular flexibility index (Phi) is 4.96. The van der Waals surface area contributed by atoms with Gasteiger partial charge in [0, 0.05) is 10.9 Å². The van der Waals surface area contributed by atoms with Crippen molar-refractivity contribution in [2.75, 3.05) is 6.61 Å². The molecule has 0 bridgehead atoms. The first-order chi connectivity index (χ1) is 9.61. The predicted octanol–water partition coefficient (Wildman–Crippen LogP) is 3.73. The summed E-state index contributed by atoms with van der Waals surface area (Å²) < 4.78 is 4.67. The molecule has 0 aliphatic carbocycles. The van der Waals surface area contributed by atoms with Gasteiger partial charge < -0.3 is 4.74 Å². The monoisotopic (exact) mass is 326 g/mol. The number of carbonyl (C=O) groups is 1. The van der Waals surface area contributed by atoms with E-state index in [0.717, 1.165) is 0 Å². The normalized spacial score (nSPS) is 10.1. The molecule has 1 heterocycles. The molecule has 0 radical (unpaired) electrons. The van der Waals surface area contributed by atoms with Crippen LogP contribution in [0.2, 0.25) is 10.0 Å². The highest BCUT2D eigenvalue weighted by Gasteiger charge is 2.14. The number of thiazole rings is 1. The zero-order valence-electron chi connectivity index (χ0n) is 10.1. The van der Waals surface area contributed by atoms with Crippen LogP contribution in [-0.2, 0) is 16.0 Å². The number of benzene rings is 1. The third kappa shape index (κ3) is 3.48. The SMILES string of the molecule is N#CCOC(=O)Cc1csc(-c2c(Cl)cccc2Cl)n1. The Hall–Kier alpha value is -1.61. The quantitative estimate of drug-likeness (QED) is 0.803. The van der Waals surface area contributed by atoms with Crippen LogP contribution < -0.4 is 0 Å². The molecule has 4 nitrogen and oxygen atoms in total. The Balaban J connectivity index is 2.17. The molecule has 20 heavy (non-hydrogen) atoms. The maximum atomic E-state index is 11.4. The molecule has 1 aromatic carbocycles. The van der Waals surface area contributed by atoms with E-state index in [0.29, 0.717) is 26.3 Å². The van der Waals surface area contributed by atoms with Crippen molar-refractivity contribution < 1.29 is 9.53 Å². The molecule has 0 unspecified atom stereocenters. The molecule has 0 saturated carbocycles. The van der Waals surface area contributed by atoms with E-state index in [1.807, 2.05) is 0 Å². The number of rotatable bonds is 4. The van der Waals surface area contributed by atoms with Gasteiger partial charge in [-0.05, 0) is 12.1 Å². The van der Waals surface area contributed by atoms with Crippen molar-refractivity contribution in [3.8, 4) is 16.6 Å². The molecule has 2 aromatic rings. The fourth-order valence-electron chi connectivity index (χ4n) is 1.52. The standard InChI is InChI=1S/C13H8Cl2N2O2S/c14-9-2-1-3-10(15)12(9)13-17-8(7-20-13)6-11(18)19-5-4-16/h1-3,7H,5-6H2. The van der Waals surface area contributed by atoms with Gasteiger partial charge in [-0.15, -0.1) is 11.3 Å². The van der Waals surface area contributed by atoms with E-state index in [-0.39, 0.29) is 13.0 Å². The van der Waals surface area contributed by atoms with Crippen LogP contribution in [0.1, 0.15) is 5.69 Å². The molecule has 0 amide bonds. The number of ether oxygens (including phenoxy) is 1. The van der Waals surface area contributed by atoms with Crippen molar-refractivity contribution in [3.63, 3.8) is 0 Å². The molecule has 0 atom stereocenters. The van der Waals surface area contributed by atoms with E-state index in [4.69, 9.17) is 28.5 Å². The summed E-state index contributed by atoms with van der Waals surface area (Å²) in [5.74, 6) is -0.492. The highest BCUT2D eigenvalue weighted by Crippen LogP contribution is 2.36. The Morgan fingerprint density at radius 2 is 2.10 bits per heavy atom. The molecule has 0 N–H and O–H groups in total. The average Bonchev–Trinajstić information content (AvgIpc) is 2.84. The Bertz CT molecular complexity index is 659. The third-order valence-corrected chi connectivity index (χ3v) is 3.89. The number of esters is 1. The van der Waals surface area contributed by atoms with Crippen LogP contribution in [0.15, 0.2) is 23.6 Å². The summed E-state index contributed by atoms with van der Waals surface area (Å²) in [6.45, 7) is -0.258. The number of hydrogen-bond acceptors (Lipinski definition) is 5. The van der Waals surface area contributed by atoms with Crippen molar-refractivity contribution in [1.82, 2.24) is 4.98 Å². The topological polar surface area (TPSA) is 63.0 Å². The summed E-state index contributed by atoms with van der Waals surface area (Å²) in [6.07, 6.45) is 0.0141. The van der Waals surface area contributed by atoms with Crippen LogP contribution in [0.4, 0.5) is 0 Å². The van der Waals surface area contributed by atoms with Crippen molar-refractivity contribution in [2.45, 2.75) is 6.42 Å². The maximum Gasteiger partial charge on any atom is 0.312 e. The second-order valence-corrected chi connectivity index (χ2v) is 5.41. The molecular weight excluding hydrogens is 319 g/mol. The van der Waals surface area contributed by atoms with Gasteiger partial charge in [0.05, 0.1) is 22.2 Å². The molecule has 0 fully saturated rings. The molecule has 1 aromatic heterocycles. The van der Waals surface area contributed by atoms with Gasteiger partial charge in [-0.2, -0.15) is 5.26 Å². The molecule has 0 aliphatic rings. The molecule has 7 heteroatoms. The molecule has 102 valence electrons. The van der Waals surface area contributed by atoms with E-state index in [9.17, 15) is 4.79 Å². The lowest BCUT2D eigenvalue weighted by Crippen LogP contribution is -2.08. The summed E-state index contributed by atoms with van der Waals surface area (Å²) >= 11 is 13.5. The van der Waals surface area contributed by atoms with Gasteiger partial charge in [0.1, 0.15) is 11.1 Å². The Morgan fingerprint density at radius 3 is 2.75 bits per heavy atom. The van der Waals surface area contributed by atoms with Gasteiger partial charge in [-0.1, -0.05) is 29.3 Å². The zero-order chi connectivity index (χ0) is 14.5. The fraction of sp³-hybridized carbons (Fsp3) is 0.154. The first-order valence-corrected chi connectivity index (χ1v) is 7.16.